The molecule has 0 spiro atoms. The Hall–Kier alpha value is -3.15. The Morgan fingerprint density at radius 2 is 1.78 bits per heavy atom. The molecule has 1 amide bonds. The standard InChI is InChI=1S/C17H15N3O3/c21-17(22-11-16-10-19-12-23-16)20-15-3-1-13(2-4-15)9-14-5-7-18-8-6-14/h1-8,10,12H,9,11H2,(H,20,21). The van der Waals surface area contributed by atoms with Crippen molar-refractivity contribution in [2.24, 2.45) is 0 Å². The summed E-state index contributed by atoms with van der Waals surface area (Å²) in [6.45, 7) is 0.0476. The topological polar surface area (TPSA) is 77.2 Å². The normalized spacial score (nSPS) is 10.3. The zero-order chi connectivity index (χ0) is 15.9. The molecule has 0 bridgehead atoms. The first-order valence-corrected chi connectivity index (χ1v) is 7.08. The highest BCUT2D eigenvalue weighted by Crippen LogP contribution is 2.13. The molecule has 0 radical (unpaired) electrons. The highest BCUT2D eigenvalue weighted by atomic mass is 16.6. The summed E-state index contributed by atoms with van der Waals surface area (Å²) in [5.41, 5.74) is 3.01. The number of hydrogen-bond acceptors (Lipinski definition) is 5. The predicted molar refractivity (Wildman–Crippen MR) is 83.8 cm³/mol. The van der Waals surface area contributed by atoms with E-state index in [4.69, 9.17) is 9.15 Å². The van der Waals surface area contributed by atoms with Gasteiger partial charge in [0.1, 0.15) is 0 Å². The summed E-state index contributed by atoms with van der Waals surface area (Å²) < 4.78 is 10.0. The first kappa shape index (κ1) is 14.8. The second-order valence-electron chi connectivity index (χ2n) is 4.90. The first-order valence-electron chi connectivity index (χ1n) is 7.08. The lowest BCUT2D eigenvalue weighted by Crippen LogP contribution is -2.13. The number of hydrogen-bond donors (Lipinski definition) is 1. The number of rotatable bonds is 5. The Balaban J connectivity index is 1.51. The maximum absolute atomic E-state index is 11.7. The number of oxazole rings is 1. The molecular weight excluding hydrogens is 294 g/mol. The fourth-order valence-electron chi connectivity index (χ4n) is 2.05. The lowest BCUT2D eigenvalue weighted by Gasteiger charge is -2.07. The van der Waals surface area contributed by atoms with Crippen LogP contribution in [0.2, 0.25) is 0 Å². The quantitative estimate of drug-likeness (QED) is 0.781. The molecule has 0 aliphatic rings. The van der Waals surface area contributed by atoms with Crippen molar-refractivity contribution in [3.05, 3.63) is 78.3 Å². The average Bonchev–Trinajstić information content (AvgIpc) is 3.09. The number of carbonyl (C=O) groups is 1. The smallest absolute Gasteiger partial charge is 0.412 e. The van der Waals surface area contributed by atoms with Crippen LogP contribution in [-0.2, 0) is 17.8 Å². The van der Waals surface area contributed by atoms with Crippen LogP contribution in [0.5, 0.6) is 0 Å². The number of nitrogens with zero attached hydrogens (tertiary/aromatic N) is 2. The van der Waals surface area contributed by atoms with Crippen LogP contribution in [0.25, 0.3) is 0 Å². The van der Waals surface area contributed by atoms with E-state index in [0.717, 1.165) is 12.0 Å². The minimum Gasteiger partial charge on any atom is -0.445 e. The number of aromatic nitrogens is 2. The van der Waals surface area contributed by atoms with Crippen molar-refractivity contribution < 1.29 is 13.9 Å². The molecule has 2 aromatic heterocycles. The number of amides is 1. The Morgan fingerprint density at radius 1 is 1.04 bits per heavy atom. The lowest BCUT2D eigenvalue weighted by molar-refractivity contribution is 0.146. The van der Waals surface area contributed by atoms with Crippen molar-refractivity contribution in [3.8, 4) is 0 Å². The second kappa shape index (κ2) is 7.22. The van der Waals surface area contributed by atoms with Gasteiger partial charge in [0.05, 0.1) is 6.20 Å². The summed E-state index contributed by atoms with van der Waals surface area (Å²) in [5, 5.41) is 2.66. The fraction of sp³-hybridized carbons (Fsp3) is 0.118. The SMILES string of the molecule is O=C(Nc1ccc(Cc2ccncc2)cc1)OCc1cnco1. The molecule has 6 nitrogen and oxygen atoms in total. The van der Waals surface area contributed by atoms with E-state index in [9.17, 15) is 4.79 Å². The zero-order valence-electron chi connectivity index (χ0n) is 12.3. The summed E-state index contributed by atoms with van der Waals surface area (Å²) >= 11 is 0. The summed E-state index contributed by atoms with van der Waals surface area (Å²) in [7, 11) is 0. The summed E-state index contributed by atoms with van der Waals surface area (Å²) in [6.07, 6.45) is 6.62. The van der Waals surface area contributed by atoms with Crippen LogP contribution in [0.3, 0.4) is 0 Å². The molecule has 0 aliphatic carbocycles. The summed E-state index contributed by atoms with van der Waals surface area (Å²) in [5.74, 6) is 0.493. The van der Waals surface area contributed by atoms with E-state index in [1.807, 2.05) is 36.4 Å². The van der Waals surface area contributed by atoms with E-state index < -0.39 is 6.09 Å². The maximum atomic E-state index is 11.7. The van der Waals surface area contributed by atoms with Gasteiger partial charge in [-0.3, -0.25) is 10.3 Å². The third kappa shape index (κ3) is 4.41. The van der Waals surface area contributed by atoms with Crippen molar-refractivity contribution in [1.82, 2.24) is 9.97 Å². The molecule has 6 heteroatoms. The van der Waals surface area contributed by atoms with Gasteiger partial charge in [0.15, 0.2) is 18.8 Å². The average molecular weight is 309 g/mol. The van der Waals surface area contributed by atoms with Crippen LogP contribution < -0.4 is 5.32 Å². The molecule has 0 atom stereocenters. The molecule has 3 aromatic rings. The van der Waals surface area contributed by atoms with Gasteiger partial charge in [-0.2, -0.15) is 0 Å². The summed E-state index contributed by atoms with van der Waals surface area (Å²) in [6, 6.07) is 11.6. The highest BCUT2D eigenvalue weighted by Gasteiger charge is 2.05. The molecule has 23 heavy (non-hydrogen) atoms. The number of carbonyl (C=O) groups excluding carboxylic acids is 1. The van der Waals surface area contributed by atoms with Crippen LogP contribution in [0.4, 0.5) is 10.5 Å². The lowest BCUT2D eigenvalue weighted by atomic mass is 10.1. The van der Waals surface area contributed by atoms with Crippen LogP contribution >= 0.6 is 0 Å². The highest BCUT2D eigenvalue weighted by molar-refractivity contribution is 5.84. The van der Waals surface area contributed by atoms with Gasteiger partial charge < -0.3 is 9.15 Å². The van der Waals surface area contributed by atoms with E-state index in [1.54, 1.807) is 12.4 Å². The minimum atomic E-state index is -0.539. The van der Waals surface area contributed by atoms with Gasteiger partial charge in [-0.15, -0.1) is 0 Å². The van der Waals surface area contributed by atoms with Crippen molar-refractivity contribution in [2.75, 3.05) is 5.32 Å². The largest absolute Gasteiger partial charge is 0.445 e. The maximum Gasteiger partial charge on any atom is 0.412 e. The van der Waals surface area contributed by atoms with E-state index in [2.05, 4.69) is 15.3 Å². The van der Waals surface area contributed by atoms with Crippen molar-refractivity contribution >= 4 is 11.8 Å². The van der Waals surface area contributed by atoms with Gasteiger partial charge in [0.2, 0.25) is 0 Å². The van der Waals surface area contributed by atoms with Crippen LogP contribution in [0, 0.1) is 0 Å². The number of nitrogens with one attached hydrogen (secondary N) is 1. The zero-order valence-corrected chi connectivity index (χ0v) is 12.3. The molecule has 0 saturated carbocycles. The van der Waals surface area contributed by atoms with Crippen molar-refractivity contribution in [1.29, 1.82) is 0 Å². The third-order valence-corrected chi connectivity index (χ3v) is 3.19. The molecule has 1 N–H and O–H groups in total. The Kier molecular flexibility index (Phi) is 4.63. The van der Waals surface area contributed by atoms with E-state index in [1.165, 1.54) is 18.2 Å². The molecule has 2 heterocycles. The summed E-state index contributed by atoms with van der Waals surface area (Å²) in [4.78, 5) is 19.4. The van der Waals surface area contributed by atoms with E-state index in [-0.39, 0.29) is 6.61 Å². The van der Waals surface area contributed by atoms with Gasteiger partial charge in [0, 0.05) is 18.1 Å². The predicted octanol–water partition coefficient (Wildman–Crippen LogP) is 3.41. The molecule has 0 saturated heterocycles. The fourth-order valence-corrected chi connectivity index (χ4v) is 2.05. The molecular formula is C17H15N3O3. The van der Waals surface area contributed by atoms with Gasteiger partial charge in [-0.25, -0.2) is 9.78 Å². The van der Waals surface area contributed by atoms with Gasteiger partial charge in [-0.1, -0.05) is 12.1 Å². The van der Waals surface area contributed by atoms with Crippen LogP contribution in [0.1, 0.15) is 16.9 Å². The Morgan fingerprint density at radius 3 is 2.48 bits per heavy atom. The molecule has 0 fully saturated rings. The second-order valence-corrected chi connectivity index (χ2v) is 4.90. The first-order chi connectivity index (χ1) is 11.3. The van der Waals surface area contributed by atoms with Gasteiger partial charge in [-0.05, 0) is 41.8 Å². The Bertz CT molecular complexity index is 741. The van der Waals surface area contributed by atoms with Crippen molar-refractivity contribution in [2.45, 2.75) is 13.0 Å². The number of anilines is 1. The third-order valence-electron chi connectivity index (χ3n) is 3.19. The van der Waals surface area contributed by atoms with Gasteiger partial charge >= 0.3 is 6.09 Å². The van der Waals surface area contributed by atoms with Gasteiger partial charge in [0.25, 0.3) is 0 Å². The minimum absolute atomic E-state index is 0.0476. The van der Waals surface area contributed by atoms with E-state index >= 15 is 0 Å². The number of ether oxygens (including phenoxy) is 1. The van der Waals surface area contributed by atoms with Crippen LogP contribution in [-0.4, -0.2) is 16.1 Å². The molecule has 0 aliphatic heterocycles. The Labute approximate surface area is 133 Å². The van der Waals surface area contributed by atoms with Crippen molar-refractivity contribution in [3.63, 3.8) is 0 Å². The molecule has 3 rings (SSSR count). The molecule has 116 valence electrons. The van der Waals surface area contributed by atoms with E-state index in [0.29, 0.717) is 11.4 Å². The number of benzene rings is 1. The molecule has 0 unspecified atom stereocenters. The number of pyridine rings is 1. The monoisotopic (exact) mass is 309 g/mol. The van der Waals surface area contributed by atoms with Crippen LogP contribution in [0.15, 0.2) is 65.8 Å². The molecule has 1 aromatic carbocycles.